The standard InChI is InChI=1S/C12H23N/c1-4-6-12-7-5-8-13(12)10-11(2,3)9-12/h4-10H2,1-3H3. The highest BCUT2D eigenvalue weighted by Crippen LogP contribution is 2.49. The van der Waals surface area contributed by atoms with Crippen LogP contribution in [0.25, 0.3) is 0 Å². The minimum Gasteiger partial charge on any atom is -0.297 e. The van der Waals surface area contributed by atoms with Crippen LogP contribution in [0.3, 0.4) is 0 Å². The van der Waals surface area contributed by atoms with Crippen molar-refractivity contribution in [3.63, 3.8) is 0 Å². The Balaban J connectivity index is 2.15. The summed E-state index contributed by atoms with van der Waals surface area (Å²) in [4.78, 5) is 2.77. The number of hydrogen-bond acceptors (Lipinski definition) is 1. The Hall–Kier alpha value is -0.0400. The van der Waals surface area contributed by atoms with Crippen LogP contribution in [0.2, 0.25) is 0 Å². The summed E-state index contributed by atoms with van der Waals surface area (Å²) >= 11 is 0. The van der Waals surface area contributed by atoms with E-state index in [1.165, 1.54) is 45.2 Å². The van der Waals surface area contributed by atoms with Gasteiger partial charge in [0.2, 0.25) is 0 Å². The van der Waals surface area contributed by atoms with Crippen molar-refractivity contribution in [3.8, 4) is 0 Å². The number of hydrogen-bond donors (Lipinski definition) is 0. The second-order valence-electron chi connectivity index (χ2n) is 5.84. The predicted octanol–water partition coefficient (Wildman–Crippen LogP) is 3.05. The van der Waals surface area contributed by atoms with E-state index in [9.17, 15) is 0 Å². The second kappa shape index (κ2) is 2.98. The molecule has 0 aromatic carbocycles. The minimum atomic E-state index is 0.579. The molecule has 2 aliphatic heterocycles. The third-order valence-electron chi connectivity index (χ3n) is 3.88. The van der Waals surface area contributed by atoms with Crippen molar-refractivity contribution in [2.75, 3.05) is 13.1 Å². The highest BCUT2D eigenvalue weighted by atomic mass is 15.3. The van der Waals surface area contributed by atoms with Gasteiger partial charge in [0, 0.05) is 12.1 Å². The molecule has 0 saturated carbocycles. The Morgan fingerprint density at radius 2 is 2.08 bits per heavy atom. The summed E-state index contributed by atoms with van der Waals surface area (Å²) < 4.78 is 0. The van der Waals surface area contributed by atoms with Gasteiger partial charge in [-0.1, -0.05) is 27.2 Å². The van der Waals surface area contributed by atoms with E-state index in [4.69, 9.17) is 0 Å². The van der Waals surface area contributed by atoms with Crippen LogP contribution >= 0.6 is 0 Å². The number of rotatable bonds is 2. The molecule has 76 valence electrons. The third kappa shape index (κ3) is 1.52. The van der Waals surface area contributed by atoms with Crippen LogP contribution in [0.15, 0.2) is 0 Å². The van der Waals surface area contributed by atoms with E-state index >= 15 is 0 Å². The molecule has 2 fully saturated rings. The lowest BCUT2D eigenvalue weighted by molar-refractivity contribution is 0.181. The molecular weight excluding hydrogens is 158 g/mol. The zero-order chi connectivity index (χ0) is 9.53. The lowest BCUT2D eigenvalue weighted by Crippen LogP contribution is -2.37. The molecule has 13 heavy (non-hydrogen) atoms. The summed E-state index contributed by atoms with van der Waals surface area (Å²) in [6.07, 6.45) is 7.12. The first-order valence-electron chi connectivity index (χ1n) is 5.83. The molecule has 1 atom stereocenters. The second-order valence-corrected chi connectivity index (χ2v) is 5.84. The van der Waals surface area contributed by atoms with E-state index in [1.54, 1.807) is 0 Å². The Kier molecular flexibility index (Phi) is 2.18. The lowest BCUT2D eigenvalue weighted by Gasteiger charge is -2.31. The largest absolute Gasteiger partial charge is 0.297 e. The van der Waals surface area contributed by atoms with Crippen molar-refractivity contribution in [2.45, 2.75) is 58.4 Å². The fourth-order valence-corrected chi connectivity index (χ4v) is 3.74. The number of fused-ring (bicyclic) bond motifs is 1. The van der Waals surface area contributed by atoms with Gasteiger partial charge < -0.3 is 0 Å². The van der Waals surface area contributed by atoms with Gasteiger partial charge in [0.25, 0.3) is 0 Å². The molecule has 0 aliphatic carbocycles. The Morgan fingerprint density at radius 3 is 2.77 bits per heavy atom. The van der Waals surface area contributed by atoms with E-state index in [0.29, 0.717) is 11.0 Å². The quantitative estimate of drug-likeness (QED) is 0.633. The smallest absolute Gasteiger partial charge is 0.0215 e. The van der Waals surface area contributed by atoms with Crippen molar-refractivity contribution >= 4 is 0 Å². The van der Waals surface area contributed by atoms with Gasteiger partial charge in [-0.3, -0.25) is 4.90 Å². The van der Waals surface area contributed by atoms with Gasteiger partial charge in [-0.25, -0.2) is 0 Å². The summed E-state index contributed by atoms with van der Waals surface area (Å²) in [6.45, 7) is 9.90. The first-order chi connectivity index (χ1) is 6.08. The fourth-order valence-electron chi connectivity index (χ4n) is 3.74. The van der Waals surface area contributed by atoms with Crippen molar-refractivity contribution in [3.05, 3.63) is 0 Å². The van der Waals surface area contributed by atoms with Crippen LogP contribution in [-0.2, 0) is 0 Å². The topological polar surface area (TPSA) is 3.24 Å². The predicted molar refractivity (Wildman–Crippen MR) is 56.8 cm³/mol. The summed E-state index contributed by atoms with van der Waals surface area (Å²) in [5.41, 5.74) is 1.20. The van der Waals surface area contributed by atoms with E-state index < -0.39 is 0 Å². The van der Waals surface area contributed by atoms with Gasteiger partial charge in [0.05, 0.1) is 0 Å². The molecule has 1 unspecified atom stereocenters. The molecule has 2 heterocycles. The molecule has 1 heteroatoms. The summed E-state index contributed by atoms with van der Waals surface area (Å²) in [6, 6.07) is 0. The minimum absolute atomic E-state index is 0.579. The van der Waals surface area contributed by atoms with Crippen molar-refractivity contribution in [1.29, 1.82) is 0 Å². The Morgan fingerprint density at radius 1 is 1.31 bits per heavy atom. The first-order valence-corrected chi connectivity index (χ1v) is 5.83. The third-order valence-corrected chi connectivity index (χ3v) is 3.88. The van der Waals surface area contributed by atoms with Crippen LogP contribution in [0.1, 0.15) is 52.9 Å². The molecule has 0 spiro atoms. The number of nitrogens with zero attached hydrogens (tertiary/aromatic N) is 1. The highest BCUT2D eigenvalue weighted by Gasteiger charge is 2.50. The summed E-state index contributed by atoms with van der Waals surface area (Å²) in [5.74, 6) is 0. The molecule has 2 aliphatic rings. The van der Waals surface area contributed by atoms with Gasteiger partial charge in [-0.2, -0.15) is 0 Å². The van der Waals surface area contributed by atoms with Crippen LogP contribution in [0.5, 0.6) is 0 Å². The highest BCUT2D eigenvalue weighted by molar-refractivity contribution is 5.05. The first kappa shape index (κ1) is 9.51. The SMILES string of the molecule is CCCC12CCCN1CC(C)(C)C2. The molecular formula is C12H23N. The molecule has 0 aromatic rings. The van der Waals surface area contributed by atoms with Crippen molar-refractivity contribution < 1.29 is 0 Å². The van der Waals surface area contributed by atoms with Gasteiger partial charge in [0.15, 0.2) is 0 Å². The fraction of sp³-hybridized carbons (Fsp3) is 1.00. The van der Waals surface area contributed by atoms with Crippen molar-refractivity contribution in [2.24, 2.45) is 5.41 Å². The molecule has 2 saturated heterocycles. The average Bonchev–Trinajstić information content (AvgIpc) is 2.40. The Bertz CT molecular complexity index is 197. The van der Waals surface area contributed by atoms with Crippen molar-refractivity contribution in [1.82, 2.24) is 4.90 Å². The van der Waals surface area contributed by atoms with E-state index in [-0.39, 0.29) is 0 Å². The van der Waals surface area contributed by atoms with Gasteiger partial charge in [-0.15, -0.1) is 0 Å². The molecule has 1 nitrogen and oxygen atoms in total. The van der Waals surface area contributed by atoms with E-state index in [1.807, 2.05) is 0 Å². The van der Waals surface area contributed by atoms with E-state index in [0.717, 1.165) is 0 Å². The maximum atomic E-state index is 2.77. The van der Waals surface area contributed by atoms with Gasteiger partial charge >= 0.3 is 0 Å². The Labute approximate surface area is 82.5 Å². The molecule has 0 N–H and O–H groups in total. The normalized spacial score (nSPS) is 38.1. The molecule has 0 amide bonds. The van der Waals surface area contributed by atoms with E-state index in [2.05, 4.69) is 25.7 Å². The molecule has 0 bridgehead atoms. The van der Waals surface area contributed by atoms with Crippen LogP contribution < -0.4 is 0 Å². The van der Waals surface area contributed by atoms with Crippen LogP contribution in [0.4, 0.5) is 0 Å². The van der Waals surface area contributed by atoms with Gasteiger partial charge in [0.1, 0.15) is 0 Å². The van der Waals surface area contributed by atoms with Gasteiger partial charge in [-0.05, 0) is 37.6 Å². The average molecular weight is 181 g/mol. The summed E-state index contributed by atoms with van der Waals surface area (Å²) in [7, 11) is 0. The van der Waals surface area contributed by atoms with Crippen LogP contribution in [0, 0.1) is 5.41 Å². The maximum absolute atomic E-state index is 2.77. The maximum Gasteiger partial charge on any atom is 0.0215 e. The zero-order valence-electron chi connectivity index (χ0n) is 9.40. The summed E-state index contributed by atoms with van der Waals surface area (Å²) in [5, 5.41) is 0. The lowest BCUT2D eigenvalue weighted by atomic mass is 9.80. The monoisotopic (exact) mass is 181 g/mol. The zero-order valence-corrected chi connectivity index (χ0v) is 9.40. The molecule has 0 radical (unpaired) electrons. The van der Waals surface area contributed by atoms with Crippen LogP contribution in [-0.4, -0.2) is 23.5 Å². The molecule has 2 rings (SSSR count). The molecule has 0 aromatic heterocycles.